The zero-order valence-electron chi connectivity index (χ0n) is 10.8. The molecule has 0 aliphatic rings. The molecule has 1 nitrogen and oxygen atoms in total. The van der Waals surface area contributed by atoms with E-state index in [-0.39, 0.29) is 6.04 Å². The van der Waals surface area contributed by atoms with Crippen molar-refractivity contribution in [3.05, 3.63) is 69.2 Å². The molecular formula is C16H18BrN. The predicted octanol–water partition coefficient (Wildman–Crippen LogP) is 4.37. The first-order valence-electron chi connectivity index (χ1n) is 6.23. The van der Waals surface area contributed by atoms with Gasteiger partial charge in [-0.15, -0.1) is 0 Å². The fraction of sp³-hybridized carbons (Fsp3) is 0.250. The van der Waals surface area contributed by atoms with Crippen LogP contribution in [-0.2, 0) is 6.42 Å². The van der Waals surface area contributed by atoms with Crippen LogP contribution in [0.25, 0.3) is 0 Å². The molecule has 1 unspecified atom stereocenters. The second-order valence-corrected chi connectivity index (χ2v) is 5.38. The molecule has 2 N–H and O–H groups in total. The monoisotopic (exact) mass is 303 g/mol. The largest absolute Gasteiger partial charge is 0.320 e. The lowest BCUT2D eigenvalue weighted by Gasteiger charge is -2.16. The molecule has 0 aliphatic heterocycles. The molecule has 2 aromatic rings. The van der Waals surface area contributed by atoms with Gasteiger partial charge in [0.05, 0.1) is 6.04 Å². The van der Waals surface area contributed by atoms with Crippen LogP contribution in [0.3, 0.4) is 0 Å². The molecule has 94 valence electrons. The van der Waals surface area contributed by atoms with Gasteiger partial charge in [-0.3, -0.25) is 0 Å². The summed E-state index contributed by atoms with van der Waals surface area (Å²) in [5.74, 6) is 0. The average Bonchev–Trinajstić information content (AvgIpc) is 2.41. The number of hydrogen-bond donors (Lipinski definition) is 1. The summed E-state index contributed by atoms with van der Waals surface area (Å²) in [5.41, 5.74) is 11.2. The molecule has 0 aliphatic carbocycles. The Hall–Kier alpha value is -1.12. The average molecular weight is 304 g/mol. The quantitative estimate of drug-likeness (QED) is 0.895. The maximum absolute atomic E-state index is 6.36. The van der Waals surface area contributed by atoms with Crippen molar-refractivity contribution in [1.82, 2.24) is 0 Å². The fourth-order valence-electron chi connectivity index (χ4n) is 2.10. The zero-order valence-corrected chi connectivity index (χ0v) is 12.4. The van der Waals surface area contributed by atoms with E-state index < -0.39 is 0 Å². The van der Waals surface area contributed by atoms with E-state index in [4.69, 9.17) is 5.73 Å². The van der Waals surface area contributed by atoms with E-state index in [0.717, 1.165) is 16.5 Å². The summed E-state index contributed by atoms with van der Waals surface area (Å²) in [6.07, 6.45) is 1.06. The van der Waals surface area contributed by atoms with Gasteiger partial charge >= 0.3 is 0 Å². The lowest BCUT2D eigenvalue weighted by molar-refractivity contribution is 0.858. The smallest absolute Gasteiger partial charge is 0.0554 e. The van der Waals surface area contributed by atoms with Gasteiger partial charge < -0.3 is 5.73 Å². The SMILES string of the molecule is CCc1ccc(C(N)c2cccc(Br)c2C)cc1. The van der Waals surface area contributed by atoms with E-state index in [1.54, 1.807) is 0 Å². The van der Waals surface area contributed by atoms with Gasteiger partial charge in [-0.1, -0.05) is 59.3 Å². The Balaban J connectivity index is 2.35. The summed E-state index contributed by atoms with van der Waals surface area (Å²) >= 11 is 3.55. The van der Waals surface area contributed by atoms with Crippen molar-refractivity contribution >= 4 is 15.9 Å². The molecular weight excluding hydrogens is 286 g/mol. The number of aryl methyl sites for hydroxylation is 1. The maximum Gasteiger partial charge on any atom is 0.0554 e. The number of hydrogen-bond acceptors (Lipinski definition) is 1. The Bertz CT molecular complexity index is 531. The third kappa shape index (κ3) is 2.65. The first-order valence-corrected chi connectivity index (χ1v) is 7.02. The minimum Gasteiger partial charge on any atom is -0.320 e. The highest BCUT2D eigenvalue weighted by Crippen LogP contribution is 2.27. The lowest BCUT2D eigenvalue weighted by Crippen LogP contribution is -2.13. The minimum atomic E-state index is -0.0617. The van der Waals surface area contributed by atoms with E-state index >= 15 is 0 Å². The lowest BCUT2D eigenvalue weighted by atomic mass is 9.95. The Morgan fingerprint density at radius 3 is 2.39 bits per heavy atom. The van der Waals surface area contributed by atoms with E-state index in [1.165, 1.54) is 16.7 Å². The van der Waals surface area contributed by atoms with Gasteiger partial charge in [0.2, 0.25) is 0 Å². The van der Waals surface area contributed by atoms with E-state index in [2.05, 4.69) is 60.1 Å². The van der Waals surface area contributed by atoms with Gasteiger partial charge in [0, 0.05) is 4.47 Å². The van der Waals surface area contributed by atoms with Crippen molar-refractivity contribution < 1.29 is 0 Å². The molecule has 0 radical (unpaired) electrons. The third-order valence-corrected chi connectivity index (χ3v) is 4.25. The van der Waals surface area contributed by atoms with Crippen LogP contribution in [0.15, 0.2) is 46.9 Å². The summed E-state index contributed by atoms with van der Waals surface area (Å²) in [7, 11) is 0. The Morgan fingerprint density at radius 1 is 1.11 bits per heavy atom. The number of rotatable bonds is 3. The Labute approximate surface area is 117 Å². The molecule has 2 heteroatoms. The molecule has 18 heavy (non-hydrogen) atoms. The summed E-state index contributed by atoms with van der Waals surface area (Å²) < 4.78 is 1.11. The van der Waals surface area contributed by atoms with Gasteiger partial charge in [0.1, 0.15) is 0 Å². The van der Waals surface area contributed by atoms with Gasteiger partial charge in [-0.2, -0.15) is 0 Å². The molecule has 2 rings (SSSR count). The van der Waals surface area contributed by atoms with Crippen LogP contribution in [0.2, 0.25) is 0 Å². The topological polar surface area (TPSA) is 26.0 Å². The van der Waals surface area contributed by atoms with Crippen molar-refractivity contribution in [2.24, 2.45) is 5.73 Å². The molecule has 0 bridgehead atoms. The van der Waals surface area contributed by atoms with Crippen LogP contribution in [0, 0.1) is 6.92 Å². The maximum atomic E-state index is 6.36. The molecule has 0 spiro atoms. The highest BCUT2D eigenvalue weighted by atomic mass is 79.9. The van der Waals surface area contributed by atoms with Crippen LogP contribution >= 0.6 is 15.9 Å². The summed E-state index contributed by atoms with van der Waals surface area (Å²) in [6, 6.07) is 14.7. The van der Waals surface area contributed by atoms with Crippen molar-refractivity contribution in [3.8, 4) is 0 Å². The van der Waals surface area contributed by atoms with E-state index in [1.807, 2.05) is 12.1 Å². The van der Waals surface area contributed by atoms with Crippen LogP contribution in [0.4, 0.5) is 0 Å². The van der Waals surface area contributed by atoms with Crippen LogP contribution in [-0.4, -0.2) is 0 Å². The number of benzene rings is 2. The molecule has 1 atom stereocenters. The van der Waals surface area contributed by atoms with Gasteiger partial charge in [-0.05, 0) is 41.7 Å². The van der Waals surface area contributed by atoms with Gasteiger partial charge in [0.25, 0.3) is 0 Å². The molecule has 0 saturated carbocycles. The normalized spacial score (nSPS) is 12.4. The summed E-state index contributed by atoms with van der Waals surface area (Å²) in [5, 5.41) is 0. The molecule has 0 heterocycles. The minimum absolute atomic E-state index is 0.0617. The van der Waals surface area contributed by atoms with Crippen LogP contribution in [0.5, 0.6) is 0 Å². The molecule has 2 aromatic carbocycles. The van der Waals surface area contributed by atoms with Crippen molar-refractivity contribution in [2.45, 2.75) is 26.3 Å². The molecule has 0 saturated heterocycles. The Morgan fingerprint density at radius 2 is 1.78 bits per heavy atom. The molecule has 0 amide bonds. The zero-order chi connectivity index (χ0) is 13.1. The van der Waals surface area contributed by atoms with E-state index in [9.17, 15) is 0 Å². The Kier molecular flexibility index (Phi) is 4.20. The van der Waals surface area contributed by atoms with Crippen molar-refractivity contribution in [2.75, 3.05) is 0 Å². The van der Waals surface area contributed by atoms with Crippen molar-refractivity contribution in [1.29, 1.82) is 0 Å². The van der Waals surface area contributed by atoms with Crippen molar-refractivity contribution in [3.63, 3.8) is 0 Å². The van der Waals surface area contributed by atoms with Gasteiger partial charge in [-0.25, -0.2) is 0 Å². The number of halogens is 1. The van der Waals surface area contributed by atoms with Crippen LogP contribution < -0.4 is 5.73 Å². The number of nitrogens with two attached hydrogens (primary N) is 1. The first-order chi connectivity index (χ1) is 8.63. The standard InChI is InChI=1S/C16H18BrN/c1-3-12-7-9-13(10-8-12)16(18)14-5-4-6-15(17)11(14)2/h4-10,16H,3,18H2,1-2H3. The second-order valence-electron chi connectivity index (χ2n) is 4.53. The molecule has 0 aromatic heterocycles. The highest BCUT2D eigenvalue weighted by Gasteiger charge is 2.12. The summed E-state index contributed by atoms with van der Waals surface area (Å²) in [6.45, 7) is 4.26. The molecule has 0 fully saturated rings. The second kappa shape index (κ2) is 5.68. The fourth-order valence-corrected chi connectivity index (χ4v) is 2.48. The van der Waals surface area contributed by atoms with E-state index in [0.29, 0.717) is 0 Å². The van der Waals surface area contributed by atoms with Gasteiger partial charge in [0.15, 0.2) is 0 Å². The third-order valence-electron chi connectivity index (χ3n) is 3.39. The predicted molar refractivity (Wildman–Crippen MR) is 80.7 cm³/mol. The first kappa shape index (κ1) is 13.3. The summed E-state index contributed by atoms with van der Waals surface area (Å²) in [4.78, 5) is 0. The highest BCUT2D eigenvalue weighted by molar-refractivity contribution is 9.10. The van der Waals surface area contributed by atoms with Crippen LogP contribution in [0.1, 0.15) is 35.2 Å².